The summed E-state index contributed by atoms with van der Waals surface area (Å²) in [5, 5.41) is 2.98. The van der Waals surface area contributed by atoms with Crippen molar-refractivity contribution in [3.63, 3.8) is 0 Å². The number of pyridine rings is 1. The molecular formula is C22H23N5O2S. The largest absolute Gasteiger partial charge is 0.329 e. The van der Waals surface area contributed by atoms with Gasteiger partial charge in [0.1, 0.15) is 5.54 Å². The third kappa shape index (κ3) is 3.07. The van der Waals surface area contributed by atoms with Gasteiger partial charge in [-0.3, -0.25) is 14.7 Å². The summed E-state index contributed by atoms with van der Waals surface area (Å²) in [6.45, 7) is 5.54. The van der Waals surface area contributed by atoms with Crippen molar-refractivity contribution in [3.8, 4) is 0 Å². The molecule has 0 radical (unpaired) electrons. The van der Waals surface area contributed by atoms with E-state index in [4.69, 9.17) is 0 Å². The second-order valence-electron chi connectivity index (χ2n) is 8.10. The number of benzene rings is 1. The van der Waals surface area contributed by atoms with Crippen LogP contribution in [0.5, 0.6) is 0 Å². The number of urea groups is 1. The maximum absolute atomic E-state index is 13.2. The first kappa shape index (κ1) is 19.1. The predicted octanol–water partition coefficient (Wildman–Crippen LogP) is 3.65. The molecule has 1 N–H and O–H groups in total. The zero-order valence-corrected chi connectivity index (χ0v) is 17.8. The van der Waals surface area contributed by atoms with E-state index in [0.717, 1.165) is 24.3 Å². The SMILES string of the molecule is Cc1ccc(N2C(=O)NC3(CCN(C(C)c4ccc5scnc5c4)CC3)C2=O)cn1. The number of piperidine rings is 1. The number of aryl methyl sites for hydroxylation is 1. The molecular weight excluding hydrogens is 398 g/mol. The number of carbonyl (C=O) groups is 2. The second kappa shape index (κ2) is 7.14. The highest BCUT2D eigenvalue weighted by atomic mass is 32.1. The van der Waals surface area contributed by atoms with Crippen molar-refractivity contribution in [2.45, 2.75) is 38.3 Å². The number of fused-ring (bicyclic) bond motifs is 1. The van der Waals surface area contributed by atoms with Gasteiger partial charge in [0, 0.05) is 24.8 Å². The number of hydrogen-bond donors (Lipinski definition) is 1. The van der Waals surface area contributed by atoms with E-state index in [0.29, 0.717) is 18.5 Å². The summed E-state index contributed by atoms with van der Waals surface area (Å²) < 4.78 is 1.19. The molecule has 2 aromatic heterocycles. The highest BCUT2D eigenvalue weighted by Gasteiger charge is 2.53. The normalized spacial score (nSPS) is 20.1. The first-order valence-electron chi connectivity index (χ1n) is 10.1. The van der Waals surface area contributed by atoms with Gasteiger partial charge >= 0.3 is 6.03 Å². The number of nitrogens with zero attached hydrogens (tertiary/aromatic N) is 4. The number of nitrogens with one attached hydrogen (secondary N) is 1. The van der Waals surface area contributed by atoms with Crippen LogP contribution in [0, 0.1) is 6.92 Å². The van der Waals surface area contributed by atoms with Crippen LogP contribution in [0.15, 0.2) is 42.0 Å². The molecule has 2 saturated heterocycles. The van der Waals surface area contributed by atoms with Crippen LogP contribution >= 0.6 is 11.3 Å². The Bertz CT molecular complexity index is 1120. The number of anilines is 1. The number of aromatic nitrogens is 2. The number of amides is 3. The summed E-state index contributed by atoms with van der Waals surface area (Å²) >= 11 is 1.64. The zero-order valence-electron chi connectivity index (χ0n) is 17.0. The molecule has 1 atom stereocenters. The van der Waals surface area contributed by atoms with Crippen molar-refractivity contribution in [2.24, 2.45) is 0 Å². The van der Waals surface area contributed by atoms with E-state index in [2.05, 4.69) is 45.3 Å². The second-order valence-corrected chi connectivity index (χ2v) is 8.99. The van der Waals surface area contributed by atoms with Gasteiger partial charge in [-0.15, -0.1) is 11.3 Å². The lowest BCUT2D eigenvalue weighted by molar-refractivity contribution is -0.124. The number of hydrogen-bond acceptors (Lipinski definition) is 6. The van der Waals surface area contributed by atoms with E-state index in [9.17, 15) is 9.59 Å². The molecule has 2 fully saturated rings. The van der Waals surface area contributed by atoms with Crippen LogP contribution in [0.2, 0.25) is 0 Å². The molecule has 8 heteroatoms. The van der Waals surface area contributed by atoms with Crippen molar-refractivity contribution < 1.29 is 9.59 Å². The minimum atomic E-state index is -0.822. The smallest absolute Gasteiger partial charge is 0.323 e. The van der Waals surface area contributed by atoms with Crippen molar-refractivity contribution in [3.05, 3.63) is 53.3 Å². The first-order valence-corrected chi connectivity index (χ1v) is 11.0. The summed E-state index contributed by atoms with van der Waals surface area (Å²) in [7, 11) is 0. The summed E-state index contributed by atoms with van der Waals surface area (Å²) in [5.74, 6) is -0.172. The molecule has 2 aliphatic heterocycles. The molecule has 4 heterocycles. The summed E-state index contributed by atoms with van der Waals surface area (Å²) in [5.41, 5.74) is 4.66. The van der Waals surface area contributed by atoms with E-state index >= 15 is 0 Å². The number of carbonyl (C=O) groups excluding carboxylic acids is 2. The molecule has 5 rings (SSSR count). The summed E-state index contributed by atoms with van der Waals surface area (Å²) in [6.07, 6.45) is 2.77. The molecule has 30 heavy (non-hydrogen) atoms. The number of rotatable bonds is 3. The van der Waals surface area contributed by atoms with E-state index in [-0.39, 0.29) is 18.0 Å². The molecule has 154 valence electrons. The van der Waals surface area contributed by atoms with Gasteiger partial charge in [0.05, 0.1) is 27.6 Å². The number of likely N-dealkylation sites (tertiary alicyclic amines) is 1. The number of thiazole rings is 1. The molecule has 0 bridgehead atoms. The molecule has 1 unspecified atom stereocenters. The lowest BCUT2D eigenvalue weighted by Crippen LogP contribution is -2.55. The Kier molecular flexibility index (Phi) is 4.56. The lowest BCUT2D eigenvalue weighted by atomic mass is 9.86. The van der Waals surface area contributed by atoms with Gasteiger partial charge in [-0.05, 0) is 56.5 Å². The topological polar surface area (TPSA) is 78.4 Å². The standard InChI is InChI=1S/C22H23N5O2S/c1-14-3-5-17(12-23-14)27-20(28)22(25-21(27)29)7-9-26(10-8-22)15(2)16-4-6-19-18(11-16)24-13-30-19/h3-6,11-13,15H,7-10H2,1-2H3,(H,25,29). The molecule has 3 aromatic rings. The summed E-state index contributed by atoms with van der Waals surface area (Å²) in [4.78, 5) is 38.1. The average Bonchev–Trinajstić information content (AvgIpc) is 3.31. The van der Waals surface area contributed by atoms with Crippen LogP contribution < -0.4 is 10.2 Å². The molecule has 1 aromatic carbocycles. The van der Waals surface area contributed by atoms with Crippen LogP contribution in [0.4, 0.5) is 10.5 Å². The highest BCUT2D eigenvalue weighted by molar-refractivity contribution is 7.16. The van der Waals surface area contributed by atoms with Gasteiger partial charge in [0.2, 0.25) is 0 Å². The van der Waals surface area contributed by atoms with Crippen molar-refractivity contribution in [1.82, 2.24) is 20.2 Å². The van der Waals surface area contributed by atoms with Gasteiger partial charge in [0.15, 0.2) is 0 Å². The van der Waals surface area contributed by atoms with Gasteiger partial charge in [0.25, 0.3) is 5.91 Å². The molecule has 0 saturated carbocycles. The maximum atomic E-state index is 13.2. The van der Waals surface area contributed by atoms with Gasteiger partial charge in [-0.1, -0.05) is 6.07 Å². The Morgan fingerprint density at radius 2 is 1.93 bits per heavy atom. The molecule has 7 nitrogen and oxygen atoms in total. The highest BCUT2D eigenvalue weighted by Crippen LogP contribution is 2.35. The van der Waals surface area contributed by atoms with Crippen molar-refractivity contribution >= 4 is 39.2 Å². The van der Waals surface area contributed by atoms with Gasteiger partial charge < -0.3 is 5.32 Å². The van der Waals surface area contributed by atoms with Gasteiger partial charge in [-0.2, -0.15) is 0 Å². The van der Waals surface area contributed by atoms with Crippen LogP contribution in [0.3, 0.4) is 0 Å². The van der Waals surface area contributed by atoms with Crippen LogP contribution in [-0.2, 0) is 4.79 Å². The van der Waals surface area contributed by atoms with Crippen LogP contribution in [0.25, 0.3) is 10.2 Å². The minimum Gasteiger partial charge on any atom is -0.323 e. The van der Waals surface area contributed by atoms with Crippen LogP contribution in [0.1, 0.15) is 37.1 Å². The quantitative estimate of drug-likeness (QED) is 0.653. The molecule has 3 amide bonds. The Labute approximate surface area is 178 Å². The monoisotopic (exact) mass is 421 g/mol. The van der Waals surface area contributed by atoms with Gasteiger partial charge in [-0.25, -0.2) is 14.7 Å². The zero-order chi connectivity index (χ0) is 20.9. The summed E-state index contributed by atoms with van der Waals surface area (Å²) in [6, 6.07) is 9.87. The Morgan fingerprint density at radius 3 is 2.67 bits per heavy atom. The first-order chi connectivity index (χ1) is 14.5. The fourth-order valence-electron chi connectivity index (χ4n) is 4.42. The van der Waals surface area contributed by atoms with E-state index in [1.54, 1.807) is 23.6 Å². The third-order valence-electron chi connectivity index (χ3n) is 6.35. The lowest BCUT2D eigenvalue weighted by Gasteiger charge is -2.40. The Morgan fingerprint density at radius 1 is 1.13 bits per heavy atom. The van der Waals surface area contributed by atoms with Crippen LogP contribution in [-0.4, -0.2) is 45.4 Å². The Hall–Kier alpha value is -2.84. The molecule has 2 aliphatic rings. The minimum absolute atomic E-state index is 0.172. The predicted molar refractivity (Wildman–Crippen MR) is 117 cm³/mol. The fraction of sp³-hybridized carbons (Fsp3) is 0.364. The van der Waals surface area contributed by atoms with Crippen molar-refractivity contribution in [1.29, 1.82) is 0 Å². The fourth-order valence-corrected chi connectivity index (χ4v) is 5.08. The van der Waals surface area contributed by atoms with E-state index in [1.165, 1.54) is 15.2 Å². The average molecular weight is 422 g/mol. The molecule has 1 spiro atoms. The van der Waals surface area contributed by atoms with E-state index in [1.807, 2.05) is 18.5 Å². The third-order valence-corrected chi connectivity index (χ3v) is 7.16. The number of imide groups is 1. The molecule has 0 aliphatic carbocycles. The van der Waals surface area contributed by atoms with E-state index < -0.39 is 5.54 Å². The Balaban J connectivity index is 1.31. The van der Waals surface area contributed by atoms with Crippen molar-refractivity contribution in [2.75, 3.05) is 18.0 Å². The maximum Gasteiger partial charge on any atom is 0.329 e.